The lowest BCUT2D eigenvalue weighted by molar-refractivity contribution is -0.157. The molecule has 5 aromatic rings. The summed E-state index contributed by atoms with van der Waals surface area (Å²) in [4.78, 5) is 37.5. The molecule has 290 valence electrons. The second kappa shape index (κ2) is 19.0. The highest BCUT2D eigenvalue weighted by molar-refractivity contribution is 5.79. The summed E-state index contributed by atoms with van der Waals surface area (Å²) in [5.74, 6) is -0.133. The van der Waals surface area contributed by atoms with E-state index in [4.69, 9.17) is 25.1 Å². The van der Waals surface area contributed by atoms with E-state index in [-0.39, 0.29) is 32.0 Å². The molecule has 1 aliphatic carbocycles. The minimum absolute atomic E-state index is 0.0125. The molecule has 1 atom stereocenters. The molecule has 0 spiro atoms. The van der Waals surface area contributed by atoms with Crippen molar-refractivity contribution in [2.75, 3.05) is 34.0 Å². The number of hydrogen-bond donors (Lipinski definition) is 2. The lowest BCUT2D eigenvalue weighted by Crippen LogP contribution is -2.37. The fourth-order valence-corrected chi connectivity index (χ4v) is 7.25. The number of carbonyl (C=O) groups excluding carboxylic acids is 2. The number of amides is 1. The molecule has 0 aliphatic heterocycles. The minimum Gasteiger partial charge on any atom is -0.497 e. The number of fused-ring (bicyclic) bond motifs is 3. The van der Waals surface area contributed by atoms with Crippen molar-refractivity contribution in [1.29, 1.82) is 1.43 Å². The summed E-state index contributed by atoms with van der Waals surface area (Å²) in [6.07, 6.45) is -0.219. The quantitative estimate of drug-likeness (QED) is 0.0484. The van der Waals surface area contributed by atoms with E-state index >= 15 is 0 Å². The molecule has 56 heavy (non-hydrogen) atoms. The number of esters is 1. The van der Waals surface area contributed by atoms with Gasteiger partial charge in [-0.15, -0.1) is 0 Å². The van der Waals surface area contributed by atoms with E-state index in [2.05, 4.69) is 34.7 Å². The molecule has 0 saturated heterocycles. The predicted molar refractivity (Wildman–Crippen MR) is 212 cm³/mol. The molecule has 1 unspecified atom stereocenters. The van der Waals surface area contributed by atoms with Crippen molar-refractivity contribution in [1.82, 2.24) is 5.32 Å². The fourth-order valence-electron chi connectivity index (χ4n) is 7.25. The topological polar surface area (TPSA) is 130 Å². The number of rotatable bonds is 19. The third kappa shape index (κ3) is 9.38. The molecule has 5 aromatic carbocycles. The molecule has 1 aliphatic rings. The summed E-state index contributed by atoms with van der Waals surface area (Å²) in [6.45, 7) is 0.551. The zero-order chi connectivity index (χ0) is 40.0. The molecule has 6 rings (SSSR count). The number of unbranched alkanes of at least 4 members (excludes halogenated alkanes) is 1. The van der Waals surface area contributed by atoms with E-state index in [9.17, 15) is 14.4 Å². The summed E-state index contributed by atoms with van der Waals surface area (Å²) >= 11 is 0. The Kier molecular flexibility index (Phi) is 12.9. The fraction of sp³-hybridized carbons (Fsp3) is 0.283. The third-order valence-corrected chi connectivity index (χ3v) is 10.1. The van der Waals surface area contributed by atoms with Crippen LogP contribution in [0.15, 0.2) is 127 Å². The van der Waals surface area contributed by atoms with Gasteiger partial charge in [0.25, 0.3) is 1.43 Å². The first-order valence-electron chi connectivity index (χ1n) is 19.2. The van der Waals surface area contributed by atoms with Gasteiger partial charge in [0, 0.05) is 12.5 Å². The van der Waals surface area contributed by atoms with E-state index in [1.54, 1.807) is 14.2 Å². The lowest BCUT2D eigenvalue weighted by atomic mass is 9.80. The van der Waals surface area contributed by atoms with Crippen LogP contribution in [0.2, 0.25) is 0 Å². The molecule has 0 aromatic heterocycles. The number of carbonyl (C=O) groups is 3. The van der Waals surface area contributed by atoms with Gasteiger partial charge in [-0.2, -0.15) is 0 Å². The van der Waals surface area contributed by atoms with Crippen LogP contribution in [-0.2, 0) is 29.4 Å². The maximum absolute atomic E-state index is 13.0. The minimum atomic E-state index is -1.15. The number of hydrogen-bond acceptors (Lipinski definition) is 9. The van der Waals surface area contributed by atoms with Gasteiger partial charge in [-0.25, -0.2) is 4.79 Å². The highest BCUT2D eigenvalue weighted by Gasteiger charge is 2.39. The molecule has 0 bridgehead atoms. The van der Waals surface area contributed by atoms with Gasteiger partial charge in [0.05, 0.1) is 33.7 Å². The van der Waals surface area contributed by atoms with Crippen molar-refractivity contribution in [2.45, 2.75) is 49.7 Å². The van der Waals surface area contributed by atoms with E-state index in [1.807, 2.05) is 103 Å². The molecule has 2 N–H and O–H groups in total. The Morgan fingerprint density at radius 1 is 0.714 bits per heavy atom. The monoisotopic (exact) mass is 759 g/mol. The summed E-state index contributed by atoms with van der Waals surface area (Å²) in [6, 6.07) is 41.4. The molecule has 0 fully saturated rings. The maximum atomic E-state index is 13.0. The van der Waals surface area contributed by atoms with Gasteiger partial charge in [-0.3, -0.25) is 9.59 Å². The number of alkyl carbamates (subject to hydrolysis) is 1. The zero-order valence-electron chi connectivity index (χ0n) is 32.6. The standard InChI is InChI=1S/C46H47NO9/c1-52-35-23-19-33(20-24-35)46(32-12-4-3-5-13-32,34-21-25-36(53-2)26-22-34)55-30-37(56-44(50)28-27-43(48)49)14-10-11-29-47-45(51)54-31-42-40-17-8-6-15-38(40)39-16-7-9-18-41(39)42/h3-9,12-13,15-26,37,42H,10-11,14,27-31H2,1-2H3,(H,47,51)(H,48,49)/i/hT. The maximum Gasteiger partial charge on any atom is 0.407 e. The van der Waals surface area contributed by atoms with Gasteiger partial charge in [0.2, 0.25) is 0 Å². The van der Waals surface area contributed by atoms with Gasteiger partial charge in [-0.05, 0) is 82.5 Å². The number of methoxy groups -OCH3 is 2. The Morgan fingerprint density at radius 3 is 1.84 bits per heavy atom. The Bertz CT molecular complexity index is 2000. The van der Waals surface area contributed by atoms with Crippen molar-refractivity contribution >= 4 is 18.0 Å². The van der Waals surface area contributed by atoms with Crippen molar-refractivity contribution in [3.63, 3.8) is 0 Å². The van der Waals surface area contributed by atoms with Gasteiger partial charge < -0.3 is 34.1 Å². The summed E-state index contributed by atoms with van der Waals surface area (Å²) < 4.78 is 36.4. The van der Waals surface area contributed by atoms with Gasteiger partial charge in [0.1, 0.15) is 29.8 Å². The Labute approximate surface area is 328 Å². The number of ether oxygens (including phenoxy) is 5. The molecule has 10 nitrogen and oxygen atoms in total. The van der Waals surface area contributed by atoms with Crippen molar-refractivity contribution < 1.29 is 43.2 Å². The molecule has 10 heteroatoms. The van der Waals surface area contributed by atoms with Crippen LogP contribution in [0.3, 0.4) is 0 Å². The number of carboxylic acid groups (broad SMARTS) is 1. The van der Waals surface area contributed by atoms with E-state index < -0.39 is 29.7 Å². The normalized spacial score (nSPS) is 12.7. The average Bonchev–Trinajstić information content (AvgIpc) is 3.58. The highest BCUT2D eigenvalue weighted by atomic mass is 16.6. The smallest absolute Gasteiger partial charge is 0.407 e. The van der Waals surface area contributed by atoms with Crippen LogP contribution < -0.4 is 14.8 Å². The SMILES string of the molecule is [3H]OC(=O)CCC(=O)OC(CCCCNC(=O)OCC1c2ccccc2-c2ccccc21)COC(c1ccccc1)(c1ccc(OC)cc1)c1ccc(OC)cc1. The summed E-state index contributed by atoms with van der Waals surface area (Å²) in [7, 11) is 3.21. The third-order valence-electron chi connectivity index (χ3n) is 10.1. The number of benzene rings is 5. The molecule has 0 saturated carbocycles. The lowest BCUT2D eigenvalue weighted by Gasteiger charge is -2.37. The summed E-state index contributed by atoms with van der Waals surface area (Å²) in [5, 5.41) is 6.84. The van der Waals surface area contributed by atoms with Gasteiger partial charge in [0.15, 0.2) is 0 Å². The van der Waals surface area contributed by atoms with Crippen molar-refractivity contribution in [3.05, 3.63) is 155 Å². The van der Waals surface area contributed by atoms with Crippen LogP contribution in [0.4, 0.5) is 4.79 Å². The Balaban J connectivity index is 1.14. The average molecular weight is 760 g/mol. The van der Waals surface area contributed by atoms with Gasteiger partial charge >= 0.3 is 18.0 Å². The Hall–Kier alpha value is -6.13. The van der Waals surface area contributed by atoms with Crippen LogP contribution in [0.1, 0.15) is 65.8 Å². The van der Waals surface area contributed by atoms with Crippen LogP contribution in [0, 0.1) is 0 Å². The molecule has 0 radical (unpaired) electrons. The van der Waals surface area contributed by atoms with Crippen LogP contribution in [-0.4, -0.2) is 63.2 Å². The first-order valence-corrected chi connectivity index (χ1v) is 18.8. The van der Waals surface area contributed by atoms with E-state index in [0.717, 1.165) is 38.9 Å². The highest BCUT2D eigenvalue weighted by Crippen LogP contribution is 2.45. The summed E-state index contributed by atoms with van der Waals surface area (Å²) in [5.41, 5.74) is 5.92. The van der Waals surface area contributed by atoms with E-state index in [0.29, 0.717) is 37.3 Å². The number of aliphatic carboxylic acids is 1. The van der Waals surface area contributed by atoms with Crippen LogP contribution in [0.25, 0.3) is 12.6 Å². The second-order valence-electron chi connectivity index (χ2n) is 13.5. The van der Waals surface area contributed by atoms with Gasteiger partial charge in [-0.1, -0.05) is 103 Å². The molecular weight excluding hydrogens is 711 g/mol. The second-order valence-corrected chi connectivity index (χ2v) is 13.5. The van der Waals surface area contributed by atoms with Crippen LogP contribution >= 0.6 is 0 Å². The Morgan fingerprint density at radius 2 is 1.27 bits per heavy atom. The predicted octanol–water partition coefficient (Wildman–Crippen LogP) is 8.50. The van der Waals surface area contributed by atoms with Crippen LogP contribution in [0.5, 0.6) is 11.5 Å². The zero-order valence-corrected chi connectivity index (χ0v) is 31.6. The number of nitrogens with one attached hydrogen (secondary N) is 1. The van der Waals surface area contributed by atoms with E-state index in [1.165, 1.54) is 0 Å². The first-order chi connectivity index (χ1) is 27.9. The molecule has 1 amide bonds. The van der Waals surface area contributed by atoms with Crippen molar-refractivity contribution in [2.24, 2.45) is 0 Å². The molecule has 0 heterocycles. The largest absolute Gasteiger partial charge is 0.497 e. The molecular formula is C46H47NO9. The number of carboxylic acids is 1. The first kappa shape index (κ1) is 38.2. The van der Waals surface area contributed by atoms with Crippen molar-refractivity contribution in [3.8, 4) is 22.6 Å².